The van der Waals surface area contributed by atoms with Gasteiger partial charge in [0.05, 0.1) is 19.9 Å². The van der Waals surface area contributed by atoms with Crippen LogP contribution in [-0.2, 0) is 6.54 Å². The third kappa shape index (κ3) is 3.30. The summed E-state index contributed by atoms with van der Waals surface area (Å²) < 4.78 is 7.03. The lowest BCUT2D eigenvalue weighted by Crippen LogP contribution is -2.23. The standard InChI is InChI=1S/C13H18N4O/c1-11(12-4-3-5-13(10-12)18-2)14-6-8-17-9-7-15-16-17/h3-5,7,9-11,14H,6,8H2,1-2H3. The summed E-state index contributed by atoms with van der Waals surface area (Å²) in [7, 11) is 1.68. The number of ether oxygens (including phenoxy) is 1. The Morgan fingerprint density at radius 1 is 1.44 bits per heavy atom. The van der Waals surface area contributed by atoms with Crippen LogP contribution < -0.4 is 10.1 Å². The molecule has 96 valence electrons. The van der Waals surface area contributed by atoms with E-state index in [0.717, 1.165) is 18.8 Å². The zero-order valence-corrected chi connectivity index (χ0v) is 10.7. The van der Waals surface area contributed by atoms with E-state index in [1.165, 1.54) is 5.56 Å². The quantitative estimate of drug-likeness (QED) is 0.842. The summed E-state index contributed by atoms with van der Waals surface area (Å²) in [5, 5.41) is 11.1. The van der Waals surface area contributed by atoms with E-state index in [0.29, 0.717) is 0 Å². The van der Waals surface area contributed by atoms with Gasteiger partial charge in [0.1, 0.15) is 5.75 Å². The van der Waals surface area contributed by atoms with Gasteiger partial charge >= 0.3 is 0 Å². The zero-order chi connectivity index (χ0) is 12.8. The van der Waals surface area contributed by atoms with Gasteiger partial charge in [-0.25, -0.2) is 0 Å². The summed E-state index contributed by atoms with van der Waals surface area (Å²) in [5.74, 6) is 0.887. The van der Waals surface area contributed by atoms with E-state index in [-0.39, 0.29) is 6.04 Å². The molecule has 0 saturated carbocycles. The predicted octanol–water partition coefficient (Wildman–Crippen LogP) is 1.64. The molecule has 0 saturated heterocycles. The summed E-state index contributed by atoms with van der Waals surface area (Å²) in [5.41, 5.74) is 1.22. The molecule has 18 heavy (non-hydrogen) atoms. The fourth-order valence-electron chi connectivity index (χ4n) is 1.78. The Bertz CT molecular complexity index is 470. The molecule has 0 fully saturated rings. The summed E-state index contributed by atoms with van der Waals surface area (Å²) in [6.07, 6.45) is 3.55. The molecule has 0 aliphatic heterocycles. The van der Waals surface area contributed by atoms with Crippen LogP contribution in [0.2, 0.25) is 0 Å². The zero-order valence-electron chi connectivity index (χ0n) is 10.7. The SMILES string of the molecule is COc1cccc(C(C)NCCn2ccnn2)c1. The molecule has 0 radical (unpaired) electrons. The first kappa shape index (κ1) is 12.6. The minimum atomic E-state index is 0.281. The normalized spacial score (nSPS) is 12.3. The van der Waals surface area contributed by atoms with Crippen LogP contribution >= 0.6 is 0 Å². The molecule has 5 nitrogen and oxygen atoms in total. The molecular weight excluding hydrogens is 228 g/mol. The van der Waals surface area contributed by atoms with Crippen LogP contribution in [0, 0.1) is 0 Å². The van der Waals surface area contributed by atoms with Crippen molar-refractivity contribution in [1.82, 2.24) is 20.3 Å². The Balaban J connectivity index is 1.85. The Morgan fingerprint density at radius 3 is 3.06 bits per heavy atom. The third-order valence-corrected chi connectivity index (χ3v) is 2.86. The second kappa shape index (κ2) is 6.16. The second-order valence-corrected chi connectivity index (χ2v) is 4.12. The van der Waals surface area contributed by atoms with Crippen molar-refractivity contribution in [3.05, 3.63) is 42.2 Å². The van der Waals surface area contributed by atoms with Crippen molar-refractivity contribution in [1.29, 1.82) is 0 Å². The van der Waals surface area contributed by atoms with E-state index < -0.39 is 0 Å². The third-order valence-electron chi connectivity index (χ3n) is 2.86. The Kier molecular flexibility index (Phi) is 4.30. The number of nitrogens with zero attached hydrogens (tertiary/aromatic N) is 3. The van der Waals surface area contributed by atoms with Crippen molar-refractivity contribution < 1.29 is 4.74 Å². The fourth-order valence-corrected chi connectivity index (χ4v) is 1.78. The molecular formula is C13H18N4O. The largest absolute Gasteiger partial charge is 0.497 e. The average molecular weight is 246 g/mol. The second-order valence-electron chi connectivity index (χ2n) is 4.12. The Labute approximate surface area is 107 Å². The van der Waals surface area contributed by atoms with Gasteiger partial charge < -0.3 is 10.1 Å². The van der Waals surface area contributed by atoms with Crippen LogP contribution in [0.15, 0.2) is 36.7 Å². The van der Waals surface area contributed by atoms with E-state index >= 15 is 0 Å². The first-order valence-corrected chi connectivity index (χ1v) is 6.01. The van der Waals surface area contributed by atoms with E-state index in [1.807, 2.05) is 29.1 Å². The Morgan fingerprint density at radius 2 is 2.33 bits per heavy atom. The molecule has 1 atom stereocenters. The maximum atomic E-state index is 5.22. The van der Waals surface area contributed by atoms with Crippen LogP contribution in [0.25, 0.3) is 0 Å². The molecule has 1 aromatic heterocycles. The van der Waals surface area contributed by atoms with Gasteiger partial charge in [0.15, 0.2) is 0 Å². The minimum Gasteiger partial charge on any atom is -0.497 e. The summed E-state index contributed by atoms with van der Waals surface area (Å²) in [6, 6.07) is 8.38. The van der Waals surface area contributed by atoms with Gasteiger partial charge in [-0.05, 0) is 24.6 Å². The van der Waals surface area contributed by atoms with Crippen LogP contribution in [0.5, 0.6) is 5.75 Å². The fraction of sp³-hybridized carbons (Fsp3) is 0.385. The van der Waals surface area contributed by atoms with E-state index in [1.54, 1.807) is 13.3 Å². The number of rotatable bonds is 6. The monoisotopic (exact) mass is 246 g/mol. The van der Waals surface area contributed by atoms with Crippen molar-refractivity contribution in [2.24, 2.45) is 0 Å². The van der Waals surface area contributed by atoms with E-state index in [2.05, 4.69) is 28.6 Å². The highest BCUT2D eigenvalue weighted by Crippen LogP contribution is 2.18. The first-order valence-electron chi connectivity index (χ1n) is 6.01. The number of methoxy groups -OCH3 is 1. The summed E-state index contributed by atoms with van der Waals surface area (Å²) >= 11 is 0. The lowest BCUT2D eigenvalue weighted by atomic mass is 10.1. The van der Waals surface area contributed by atoms with Gasteiger partial charge in [-0.15, -0.1) is 5.10 Å². The predicted molar refractivity (Wildman–Crippen MR) is 69.4 cm³/mol. The van der Waals surface area contributed by atoms with E-state index in [9.17, 15) is 0 Å². The van der Waals surface area contributed by atoms with Crippen LogP contribution in [0.4, 0.5) is 0 Å². The number of nitrogens with one attached hydrogen (secondary N) is 1. The molecule has 5 heteroatoms. The van der Waals surface area contributed by atoms with Crippen LogP contribution in [-0.4, -0.2) is 28.6 Å². The molecule has 2 rings (SSSR count). The molecule has 0 spiro atoms. The summed E-state index contributed by atoms with van der Waals surface area (Å²) in [6.45, 7) is 3.80. The molecule has 1 unspecified atom stereocenters. The van der Waals surface area contributed by atoms with Gasteiger partial charge in [0.25, 0.3) is 0 Å². The number of hydrogen-bond donors (Lipinski definition) is 1. The average Bonchev–Trinajstić information content (AvgIpc) is 2.92. The number of hydrogen-bond acceptors (Lipinski definition) is 4. The van der Waals surface area contributed by atoms with Crippen molar-refractivity contribution in [2.75, 3.05) is 13.7 Å². The highest BCUT2D eigenvalue weighted by atomic mass is 16.5. The van der Waals surface area contributed by atoms with Crippen molar-refractivity contribution in [2.45, 2.75) is 19.5 Å². The number of benzene rings is 1. The highest BCUT2D eigenvalue weighted by Gasteiger charge is 2.05. The molecule has 1 heterocycles. The maximum absolute atomic E-state index is 5.22. The molecule has 2 aromatic rings. The topological polar surface area (TPSA) is 52.0 Å². The van der Waals surface area contributed by atoms with Gasteiger partial charge in [-0.2, -0.15) is 0 Å². The van der Waals surface area contributed by atoms with Crippen LogP contribution in [0.1, 0.15) is 18.5 Å². The molecule has 1 aromatic carbocycles. The molecule has 0 aliphatic carbocycles. The minimum absolute atomic E-state index is 0.281. The van der Waals surface area contributed by atoms with Gasteiger partial charge in [-0.1, -0.05) is 17.3 Å². The highest BCUT2D eigenvalue weighted by molar-refractivity contribution is 5.30. The van der Waals surface area contributed by atoms with Gasteiger partial charge in [0, 0.05) is 18.8 Å². The van der Waals surface area contributed by atoms with Crippen molar-refractivity contribution in [3.63, 3.8) is 0 Å². The van der Waals surface area contributed by atoms with Crippen LogP contribution in [0.3, 0.4) is 0 Å². The maximum Gasteiger partial charge on any atom is 0.119 e. The summed E-state index contributed by atoms with van der Waals surface area (Å²) in [4.78, 5) is 0. The molecule has 0 bridgehead atoms. The Hall–Kier alpha value is -1.88. The van der Waals surface area contributed by atoms with E-state index in [4.69, 9.17) is 4.74 Å². The smallest absolute Gasteiger partial charge is 0.119 e. The molecule has 0 aliphatic rings. The first-order chi connectivity index (χ1) is 8.79. The lowest BCUT2D eigenvalue weighted by molar-refractivity contribution is 0.413. The van der Waals surface area contributed by atoms with Crippen molar-refractivity contribution >= 4 is 0 Å². The number of aromatic nitrogens is 3. The van der Waals surface area contributed by atoms with Gasteiger partial charge in [0.2, 0.25) is 0 Å². The lowest BCUT2D eigenvalue weighted by Gasteiger charge is -2.14. The molecule has 1 N–H and O–H groups in total. The van der Waals surface area contributed by atoms with Crippen molar-refractivity contribution in [3.8, 4) is 5.75 Å². The molecule has 0 amide bonds. The van der Waals surface area contributed by atoms with Gasteiger partial charge in [-0.3, -0.25) is 4.68 Å².